The molecule has 0 saturated carbocycles. The monoisotopic (exact) mass is 306 g/mol. The summed E-state index contributed by atoms with van der Waals surface area (Å²) >= 11 is 1.44. The third kappa shape index (κ3) is 7.60. The Balaban J connectivity index is 3.10. The van der Waals surface area contributed by atoms with E-state index in [-0.39, 0.29) is 0 Å². The predicted molar refractivity (Wildman–Crippen MR) is 53.6 cm³/mol. The number of aliphatic hydroxyl groups excluding tert-OH is 2. The maximum atomic E-state index is 8.77. The first-order chi connectivity index (χ1) is 5.70. The fourth-order valence-electron chi connectivity index (χ4n) is 0.434. The summed E-state index contributed by atoms with van der Waals surface area (Å²) in [6.45, 7) is 4.83. The predicted octanol–water partition coefficient (Wildman–Crippen LogP) is 0.403. The van der Waals surface area contributed by atoms with E-state index in [0.29, 0.717) is 25.0 Å². The summed E-state index contributed by atoms with van der Waals surface area (Å²) in [6.07, 6.45) is 0. The van der Waals surface area contributed by atoms with Gasteiger partial charge in [-0.2, -0.15) is 0 Å². The maximum absolute atomic E-state index is 8.77. The molecule has 12 heavy (non-hydrogen) atoms. The normalized spacial score (nSPS) is 16.0. The van der Waals surface area contributed by atoms with Crippen LogP contribution >= 0.6 is 0 Å². The molecule has 2 nitrogen and oxygen atoms in total. The minimum atomic E-state index is 0.327. The zero-order valence-electron chi connectivity index (χ0n) is 7.69. The van der Waals surface area contributed by atoms with Crippen molar-refractivity contribution in [2.45, 2.75) is 24.5 Å². The number of rotatable bonds is 7. The summed E-state index contributed by atoms with van der Waals surface area (Å²) in [5, 5.41) is 19.9. The molecule has 0 aliphatic carbocycles. The molecule has 0 amide bonds. The molecule has 0 aromatic heterocycles. The molecule has 0 aromatic carbocycles. The van der Waals surface area contributed by atoms with Crippen molar-refractivity contribution in [2.75, 3.05) is 13.2 Å². The van der Waals surface area contributed by atoms with Gasteiger partial charge in [0.25, 0.3) is 0 Å². The number of hydrogen-bond acceptors (Lipinski definition) is 2. The van der Waals surface area contributed by atoms with Crippen LogP contribution in [-0.2, 0) is 0 Å². The Morgan fingerprint density at radius 3 is 1.50 bits per heavy atom. The summed E-state index contributed by atoms with van der Waals surface area (Å²) in [5.74, 6) is 0.965. The minimum absolute atomic E-state index is 0.327. The van der Waals surface area contributed by atoms with Gasteiger partial charge in [0.15, 0.2) is 0 Å². The third-order valence-corrected chi connectivity index (χ3v) is 9.50. The van der Waals surface area contributed by atoms with E-state index in [2.05, 4.69) is 13.8 Å². The van der Waals surface area contributed by atoms with Gasteiger partial charge in [-0.15, -0.1) is 0 Å². The van der Waals surface area contributed by atoms with Gasteiger partial charge < -0.3 is 0 Å². The van der Waals surface area contributed by atoms with E-state index in [9.17, 15) is 0 Å². The Labute approximate surface area is 86.0 Å². The van der Waals surface area contributed by atoms with Gasteiger partial charge in [-0.25, -0.2) is 0 Å². The molecule has 0 aliphatic rings. The van der Waals surface area contributed by atoms with Crippen LogP contribution in [0.4, 0.5) is 0 Å². The molecule has 0 rings (SSSR count). The van der Waals surface area contributed by atoms with Crippen molar-refractivity contribution in [3.05, 3.63) is 0 Å². The van der Waals surface area contributed by atoms with E-state index < -0.39 is 0 Å². The molecular weight excluding hydrogens is 286 g/mol. The van der Waals surface area contributed by atoms with E-state index in [1.807, 2.05) is 0 Å². The van der Waals surface area contributed by atoms with Crippen LogP contribution in [0.25, 0.3) is 0 Å². The second-order valence-electron chi connectivity index (χ2n) is 3.14. The average molecular weight is 304 g/mol. The fourth-order valence-corrected chi connectivity index (χ4v) is 9.42. The molecular formula is C8H18O2Se2. The molecule has 0 bridgehead atoms. The van der Waals surface area contributed by atoms with Crippen LogP contribution in [0.5, 0.6) is 0 Å². The Kier molecular flexibility index (Phi) is 9.24. The van der Waals surface area contributed by atoms with Gasteiger partial charge in [-0.1, -0.05) is 0 Å². The summed E-state index contributed by atoms with van der Waals surface area (Å²) in [7, 11) is 0. The SMILES string of the molecule is CC(CO)C[Se][Se]CC(C)CO. The van der Waals surface area contributed by atoms with Crippen molar-refractivity contribution >= 4 is 26.3 Å². The Hall–Kier alpha value is 0.959. The van der Waals surface area contributed by atoms with Crippen molar-refractivity contribution in [1.82, 2.24) is 0 Å². The van der Waals surface area contributed by atoms with E-state index in [4.69, 9.17) is 10.2 Å². The summed E-state index contributed by atoms with van der Waals surface area (Å²) in [4.78, 5) is 0. The fraction of sp³-hybridized carbons (Fsp3) is 1.00. The Bertz CT molecular complexity index is 89.1. The molecule has 0 fully saturated rings. The molecule has 0 spiro atoms. The third-order valence-electron chi connectivity index (χ3n) is 1.41. The molecule has 74 valence electrons. The van der Waals surface area contributed by atoms with Gasteiger partial charge in [-0.05, 0) is 0 Å². The number of hydrogen-bond donors (Lipinski definition) is 2. The topological polar surface area (TPSA) is 40.5 Å². The van der Waals surface area contributed by atoms with Crippen molar-refractivity contribution in [1.29, 1.82) is 0 Å². The summed E-state index contributed by atoms with van der Waals surface area (Å²) < 4.78 is 0. The zero-order chi connectivity index (χ0) is 9.40. The van der Waals surface area contributed by atoms with Crippen LogP contribution in [0.3, 0.4) is 0 Å². The molecule has 2 unspecified atom stereocenters. The Morgan fingerprint density at radius 2 is 1.25 bits per heavy atom. The van der Waals surface area contributed by atoms with Crippen molar-refractivity contribution in [3.63, 3.8) is 0 Å². The van der Waals surface area contributed by atoms with Gasteiger partial charge in [0.2, 0.25) is 0 Å². The average Bonchev–Trinajstić information content (AvgIpc) is 2.11. The standard InChI is InChI=1S/C8H18O2Se2/c1-7(3-9)5-11-12-6-8(2)4-10/h7-10H,3-6H2,1-2H3. The van der Waals surface area contributed by atoms with E-state index in [0.717, 1.165) is 26.3 Å². The molecule has 4 heteroatoms. The van der Waals surface area contributed by atoms with Gasteiger partial charge in [0.1, 0.15) is 0 Å². The van der Waals surface area contributed by atoms with Gasteiger partial charge >= 0.3 is 86.0 Å². The quantitative estimate of drug-likeness (QED) is 0.528. The molecule has 0 saturated heterocycles. The van der Waals surface area contributed by atoms with Crippen LogP contribution in [0.1, 0.15) is 13.8 Å². The Morgan fingerprint density at radius 1 is 0.917 bits per heavy atom. The van der Waals surface area contributed by atoms with Gasteiger partial charge in [0.05, 0.1) is 0 Å². The first kappa shape index (κ1) is 13.0. The van der Waals surface area contributed by atoms with Crippen LogP contribution in [-0.4, -0.2) is 49.7 Å². The molecule has 2 atom stereocenters. The van der Waals surface area contributed by atoms with Crippen LogP contribution in [0, 0.1) is 11.8 Å². The van der Waals surface area contributed by atoms with Crippen molar-refractivity contribution in [3.8, 4) is 0 Å². The molecule has 0 aromatic rings. The second kappa shape index (κ2) is 8.55. The van der Waals surface area contributed by atoms with Crippen molar-refractivity contribution in [2.24, 2.45) is 11.8 Å². The van der Waals surface area contributed by atoms with Crippen molar-refractivity contribution < 1.29 is 10.2 Å². The van der Waals surface area contributed by atoms with E-state index >= 15 is 0 Å². The van der Waals surface area contributed by atoms with Crippen LogP contribution in [0.15, 0.2) is 0 Å². The summed E-state index contributed by atoms with van der Waals surface area (Å²) in [5.41, 5.74) is 0. The molecule has 0 aliphatic heterocycles. The molecule has 2 N–H and O–H groups in total. The van der Waals surface area contributed by atoms with Gasteiger partial charge in [0, 0.05) is 0 Å². The van der Waals surface area contributed by atoms with E-state index in [1.54, 1.807) is 0 Å². The van der Waals surface area contributed by atoms with Crippen LogP contribution in [0.2, 0.25) is 10.6 Å². The first-order valence-corrected chi connectivity index (χ1v) is 10.9. The van der Waals surface area contributed by atoms with Crippen LogP contribution < -0.4 is 0 Å². The molecule has 0 heterocycles. The molecule has 0 radical (unpaired) electrons. The zero-order valence-corrected chi connectivity index (χ0v) is 11.1. The summed E-state index contributed by atoms with van der Waals surface area (Å²) in [6, 6.07) is 0. The first-order valence-electron chi connectivity index (χ1n) is 4.16. The van der Waals surface area contributed by atoms with Gasteiger partial charge in [-0.3, -0.25) is 0 Å². The van der Waals surface area contributed by atoms with E-state index in [1.165, 1.54) is 10.6 Å². The number of aliphatic hydroxyl groups is 2. The second-order valence-corrected chi connectivity index (χ2v) is 10.7.